The van der Waals surface area contributed by atoms with Crippen LogP contribution < -0.4 is 4.74 Å². The molecule has 0 fully saturated rings. The van der Waals surface area contributed by atoms with E-state index >= 15 is 0 Å². The van der Waals surface area contributed by atoms with Crippen molar-refractivity contribution in [3.8, 4) is 5.75 Å². The average Bonchev–Trinajstić information content (AvgIpc) is 2.99. The highest BCUT2D eigenvalue weighted by atomic mass is 35.5. The lowest BCUT2D eigenvalue weighted by Gasteiger charge is -2.12. The zero-order valence-corrected chi connectivity index (χ0v) is 14.2. The minimum absolute atomic E-state index is 0.0747. The molecule has 0 amide bonds. The smallest absolute Gasteiger partial charge is 0.345 e. The van der Waals surface area contributed by atoms with Crippen LogP contribution in [0.2, 0.25) is 15.1 Å². The second kappa shape index (κ2) is 6.51. The van der Waals surface area contributed by atoms with E-state index in [1.807, 2.05) is 0 Å². The molecule has 24 heavy (non-hydrogen) atoms. The number of ether oxygens (including phenoxy) is 1. The number of aliphatic carboxylic acids is 1. The Morgan fingerprint density at radius 2 is 2.00 bits per heavy atom. The molecule has 1 aliphatic heterocycles. The predicted molar refractivity (Wildman–Crippen MR) is 91.1 cm³/mol. The molecule has 1 atom stereocenters. The SMILES string of the molecule is O=C(O)C1Cc2c(Cl)c(/C(=N/O)c3cccc(Cl)c3)cc(Cl)c2O1. The van der Waals surface area contributed by atoms with E-state index in [2.05, 4.69) is 5.16 Å². The summed E-state index contributed by atoms with van der Waals surface area (Å²) in [6.45, 7) is 0. The van der Waals surface area contributed by atoms with Crippen LogP contribution in [0, 0.1) is 0 Å². The third-order valence-corrected chi connectivity index (χ3v) is 4.59. The van der Waals surface area contributed by atoms with Crippen LogP contribution in [0.15, 0.2) is 35.5 Å². The summed E-state index contributed by atoms with van der Waals surface area (Å²) in [5.74, 6) is -0.869. The van der Waals surface area contributed by atoms with E-state index in [9.17, 15) is 10.0 Å². The first-order valence-electron chi connectivity index (χ1n) is 6.81. The second-order valence-electron chi connectivity index (χ2n) is 5.14. The molecule has 8 heteroatoms. The van der Waals surface area contributed by atoms with Crippen LogP contribution in [0.4, 0.5) is 0 Å². The summed E-state index contributed by atoms with van der Waals surface area (Å²) in [7, 11) is 0. The largest absolute Gasteiger partial charge is 0.478 e. The Balaban J connectivity index is 2.12. The van der Waals surface area contributed by atoms with Gasteiger partial charge in [-0.1, -0.05) is 52.1 Å². The van der Waals surface area contributed by atoms with Gasteiger partial charge in [-0.2, -0.15) is 0 Å². The minimum Gasteiger partial charge on any atom is -0.478 e. The normalized spacial score (nSPS) is 16.6. The molecule has 0 radical (unpaired) electrons. The van der Waals surface area contributed by atoms with Gasteiger partial charge in [-0.15, -0.1) is 0 Å². The Hall–Kier alpha value is -1.95. The first-order chi connectivity index (χ1) is 11.4. The van der Waals surface area contributed by atoms with E-state index < -0.39 is 12.1 Å². The number of carboxylic acids is 1. The quantitative estimate of drug-likeness (QED) is 0.469. The van der Waals surface area contributed by atoms with E-state index in [1.54, 1.807) is 24.3 Å². The number of benzene rings is 2. The minimum atomic E-state index is -1.11. The van der Waals surface area contributed by atoms with Gasteiger partial charge in [0.15, 0.2) is 6.10 Å². The lowest BCUT2D eigenvalue weighted by Crippen LogP contribution is -2.24. The van der Waals surface area contributed by atoms with Crippen LogP contribution in [0.3, 0.4) is 0 Å². The van der Waals surface area contributed by atoms with Gasteiger partial charge in [-0.3, -0.25) is 0 Å². The summed E-state index contributed by atoms with van der Waals surface area (Å²) >= 11 is 18.6. The van der Waals surface area contributed by atoms with E-state index in [0.717, 1.165) is 0 Å². The average molecular weight is 387 g/mol. The van der Waals surface area contributed by atoms with Crippen LogP contribution in [0.25, 0.3) is 0 Å². The fraction of sp³-hybridized carbons (Fsp3) is 0.125. The summed E-state index contributed by atoms with van der Waals surface area (Å²) in [6.07, 6.45) is -0.975. The van der Waals surface area contributed by atoms with Crippen LogP contribution in [0.1, 0.15) is 16.7 Å². The molecular formula is C16H10Cl3NO4. The molecule has 0 aromatic heterocycles. The van der Waals surface area contributed by atoms with Gasteiger partial charge in [0, 0.05) is 28.1 Å². The lowest BCUT2D eigenvalue weighted by atomic mass is 9.98. The molecular weight excluding hydrogens is 377 g/mol. The number of fused-ring (bicyclic) bond motifs is 1. The highest BCUT2D eigenvalue weighted by Crippen LogP contribution is 2.43. The second-order valence-corrected chi connectivity index (χ2v) is 6.36. The van der Waals surface area contributed by atoms with Crippen molar-refractivity contribution in [3.05, 3.63) is 62.1 Å². The number of rotatable bonds is 3. The predicted octanol–water partition coefficient (Wildman–Crippen LogP) is 4.26. The summed E-state index contributed by atoms with van der Waals surface area (Å²) in [5, 5.41) is 22.7. The third kappa shape index (κ3) is 2.90. The van der Waals surface area contributed by atoms with Crippen molar-refractivity contribution in [2.75, 3.05) is 0 Å². The highest BCUT2D eigenvalue weighted by Gasteiger charge is 2.34. The molecule has 2 N–H and O–H groups in total. The van der Waals surface area contributed by atoms with Crippen LogP contribution in [-0.4, -0.2) is 28.1 Å². The maximum Gasteiger partial charge on any atom is 0.345 e. The van der Waals surface area contributed by atoms with E-state index in [0.29, 0.717) is 21.7 Å². The number of hydrogen-bond acceptors (Lipinski definition) is 4. The number of oxime groups is 1. The third-order valence-electron chi connectivity index (χ3n) is 3.64. The van der Waals surface area contributed by atoms with Crippen molar-refractivity contribution in [1.82, 2.24) is 0 Å². The van der Waals surface area contributed by atoms with Crippen molar-refractivity contribution in [2.24, 2.45) is 5.16 Å². The summed E-state index contributed by atoms with van der Waals surface area (Å²) < 4.78 is 5.33. The molecule has 2 aromatic rings. The summed E-state index contributed by atoms with van der Waals surface area (Å²) in [4.78, 5) is 11.1. The highest BCUT2D eigenvalue weighted by molar-refractivity contribution is 6.39. The Bertz CT molecular complexity index is 867. The molecule has 5 nitrogen and oxygen atoms in total. The number of carbonyl (C=O) groups is 1. The Labute approximate surface area is 152 Å². The van der Waals surface area contributed by atoms with Crippen molar-refractivity contribution in [1.29, 1.82) is 0 Å². The van der Waals surface area contributed by atoms with Crippen molar-refractivity contribution >= 4 is 46.5 Å². The maximum absolute atomic E-state index is 11.1. The topological polar surface area (TPSA) is 79.1 Å². The fourth-order valence-corrected chi connectivity index (χ4v) is 3.32. The zero-order chi connectivity index (χ0) is 17.4. The molecule has 124 valence electrons. The van der Waals surface area contributed by atoms with Crippen LogP contribution in [-0.2, 0) is 11.2 Å². The van der Waals surface area contributed by atoms with Gasteiger partial charge < -0.3 is 15.1 Å². The molecule has 0 spiro atoms. The molecule has 1 aliphatic rings. The van der Waals surface area contributed by atoms with Gasteiger partial charge in [0.2, 0.25) is 0 Å². The van der Waals surface area contributed by atoms with Gasteiger partial charge in [-0.25, -0.2) is 4.79 Å². The molecule has 0 bridgehead atoms. The number of nitrogens with zero attached hydrogens (tertiary/aromatic N) is 1. The van der Waals surface area contributed by atoms with E-state index in [4.69, 9.17) is 44.6 Å². The number of hydrogen-bond donors (Lipinski definition) is 2. The monoisotopic (exact) mass is 385 g/mol. The van der Waals surface area contributed by atoms with Gasteiger partial charge >= 0.3 is 5.97 Å². The van der Waals surface area contributed by atoms with Crippen molar-refractivity contribution in [3.63, 3.8) is 0 Å². The van der Waals surface area contributed by atoms with Crippen molar-refractivity contribution < 1.29 is 19.8 Å². The molecule has 0 saturated heterocycles. The summed E-state index contributed by atoms with van der Waals surface area (Å²) in [5.41, 5.74) is 1.54. The maximum atomic E-state index is 11.1. The first kappa shape index (κ1) is 16.9. The van der Waals surface area contributed by atoms with Gasteiger partial charge in [0.1, 0.15) is 11.5 Å². The van der Waals surface area contributed by atoms with E-state index in [1.165, 1.54) is 6.07 Å². The van der Waals surface area contributed by atoms with Gasteiger partial charge in [-0.05, 0) is 18.2 Å². The first-order valence-corrected chi connectivity index (χ1v) is 7.94. The zero-order valence-electron chi connectivity index (χ0n) is 12.0. The molecule has 2 aromatic carbocycles. The number of carboxylic acid groups (broad SMARTS) is 1. The fourth-order valence-electron chi connectivity index (χ4n) is 2.55. The van der Waals surface area contributed by atoms with Crippen LogP contribution in [0.5, 0.6) is 5.75 Å². The Morgan fingerprint density at radius 3 is 2.62 bits per heavy atom. The molecule has 1 unspecified atom stereocenters. The molecule has 1 heterocycles. The van der Waals surface area contributed by atoms with E-state index in [-0.39, 0.29) is 27.9 Å². The summed E-state index contributed by atoms with van der Waals surface area (Å²) in [6, 6.07) is 8.18. The van der Waals surface area contributed by atoms with Gasteiger partial charge in [0.25, 0.3) is 0 Å². The van der Waals surface area contributed by atoms with Gasteiger partial charge in [0.05, 0.1) is 10.0 Å². The van der Waals surface area contributed by atoms with Crippen LogP contribution >= 0.6 is 34.8 Å². The standard InChI is InChI=1S/C16H10Cl3NO4/c17-8-3-1-2-7(4-8)14(20-23)9-5-11(18)15-10(13(9)19)6-12(24-15)16(21)22/h1-5,12,23H,6H2,(H,21,22)/b20-14+. The Kier molecular flexibility index (Phi) is 4.58. The Morgan fingerprint density at radius 1 is 1.25 bits per heavy atom. The molecule has 0 aliphatic carbocycles. The lowest BCUT2D eigenvalue weighted by molar-refractivity contribution is -0.144. The van der Waals surface area contributed by atoms with Crippen molar-refractivity contribution in [2.45, 2.75) is 12.5 Å². The molecule has 3 rings (SSSR count). The molecule has 0 saturated carbocycles. The number of halogens is 3.